The van der Waals surface area contributed by atoms with Crippen molar-refractivity contribution in [3.63, 3.8) is 0 Å². The number of ether oxygens (including phenoxy) is 2. The molecule has 7 heteroatoms. The average molecular weight is 437 g/mol. The van der Waals surface area contributed by atoms with E-state index >= 15 is 0 Å². The minimum absolute atomic E-state index is 0. The maximum Gasteiger partial charge on any atom is 0.231 e. The lowest BCUT2D eigenvalue weighted by atomic mass is 10.2. The molecule has 0 amide bonds. The number of rotatable bonds is 7. The van der Waals surface area contributed by atoms with Crippen LogP contribution in [0.5, 0.6) is 11.5 Å². The highest BCUT2D eigenvalue weighted by Gasteiger charge is 2.13. The van der Waals surface area contributed by atoms with Crippen LogP contribution >= 0.6 is 35.7 Å². The zero-order chi connectivity index (χ0) is 14.9. The van der Waals surface area contributed by atoms with Crippen molar-refractivity contribution < 1.29 is 9.47 Å². The van der Waals surface area contributed by atoms with Crippen molar-refractivity contribution in [2.75, 3.05) is 32.4 Å². The fourth-order valence-electron chi connectivity index (χ4n) is 2.04. The molecule has 0 saturated heterocycles. The lowest BCUT2D eigenvalue weighted by molar-refractivity contribution is 0.174. The van der Waals surface area contributed by atoms with E-state index in [1.54, 1.807) is 7.05 Å². The van der Waals surface area contributed by atoms with Gasteiger partial charge in [0.05, 0.1) is 0 Å². The molecule has 1 heterocycles. The van der Waals surface area contributed by atoms with Gasteiger partial charge < -0.3 is 20.1 Å². The van der Waals surface area contributed by atoms with Crippen molar-refractivity contribution in [2.45, 2.75) is 19.4 Å². The predicted octanol–water partition coefficient (Wildman–Crippen LogP) is 2.84. The van der Waals surface area contributed by atoms with Crippen LogP contribution in [-0.4, -0.2) is 38.4 Å². The molecular formula is C15H24IN3O2S. The highest BCUT2D eigenvalue weighted by molar-refractivity contribution is 14.0. The van der Waals surface area contributed by atoms with Crippen LogP contribution in [0.2, 0.25) is 0 Å². The Morgan fingerprint density at radius 3 is 2.82 bits per heavy atom. The zero-order valence-electron chi connectivity index (χ0n) is 13.1. The fourth-order valence-corrected chi connectivity index (χ4v) is 2.53. The van der Waals surface area contributed by atoms with Gasteiger partial charge in [-0.15, -0.1) is 24.0 Å². The minimum atomic E-state index is 0. The molecule has 5 nitrogen and oxygen atoms in total. The molecule has 0 bridgehead atoms. The molecule has 1 aliphatic rings. The third-order valence-corrected chi connectivity index (χ3v) is 3.89. The van der Waals surface area contributed by atoms with E-state index in [0.29, 0.717) is 13.3 Å². The van der Waals surface area contributed by atoms with Crippen LogP contribution in [0, 0.1) is 0 Å². The van der Waals surface area contributed by atoms with Gasteiger partial charge in [-0.2, -0.15) is 11.8 Å². The first-order chi connectivity index (χ1) is 10.3. The largest absolute Gasteiger partial charge is 0.454 e. The van der Waals surface area contributed by atoms with Gasteiger partial charge in [-0.05, 0) is 42.5 Å². The third kappa shape index (κ3) is 6.12. The Morgan fingerprint density at radius 2 is 2.05 bits per heavy atom. The van der Waals surface area contributed by atoms with Crippen molar-refractivity contribution in [1.82, 2.24) is 10.6 Å². The molecule has 0 unspecified atom stereocenters. The highest BCUT2D eigenvalue weighted by atomic mass is 127. The van der Waals surface area contributed by atoms with Crippen molar-refractivity contribution in [2.24, 2.45) is 4.99 Å². The van der Waals surface area contributed by atoms with E-state index < -0.39 is 0 Å². The molecular weight excluding hydrogens is 413 g/mol. The first-order valence-electron chi connectivity index (χ1n) is 7.15. The predicted molar refractivity (Wildman–Crippen MR) is 104 cm³/mol. The molecule has 0 fully saturated rings. The summed E-state index contributed by atoms with van der Waals surface area (Å²) in [6, 6.07) is 5.98. The van der Waals surface area contributed by atoms with E-state index in [1.165, 1.54) is 12.2 Å². The maximum absolute atomic E-state index is 5.38. The van der Waals surface area contributed by atoms with Crippen molar-refractivity contribution in [3.05, 3.63) is 23.8 Å². The van der Waals surface area contributed by atoms with Gasteiger partial charge in [0.15, 0.2) is 17.5 Å². The molecule has 0 radical (unpaired) electrons. The SMILES string of the molecule is CN=C(NCCCCSC)NCc1ccc2c(c1)OCO2.I. The molecule has 2 rings (SSSR count). The molecule has 1 aromatic rings. The van der Waals surface area contributed by atoms with E-state index in [-0.39, 0.29) is 24.0 Å². The van der Waals surface area contributed by atoms with Crippen LogP contribution in [0.25, 0.3) is 0 Å². The zero-order valence-corrected chi connectivity index (χ0v) is 16.2. The van der Waals surface area contributed by atoms with Crippen LogP contribution in [0.3, 0.4) is 0 Å². The Labute approximate surface area is 153 Å². The molecule has 0 spiro atoms. The quantitative estimate of drug-likeness (QED) is 0.298. The number of thioether (sulfide) groups is 1. The molecule has 0 saturated carbocycles. The molecule has 1 aromatic carbocycles. The maximum atomic E-state index is 5.38. The second kappa shape index (κ2) is 10.8. The van der Waals surface area contributed by atoms with Gasteiger partial charge in [-0.25, -0.2) is 0 Å². The lowest BCUT2D eigenvalue weighted by Gasteiger charge is -2.12. The Bertz CT molecular complexity index is 486. The second-order valence-corrected chi connectivity index (χ2v) is 5.73. The Kier molecular flexibility index (Phi) is 9.45. The van der Waals surface area contributed by atoms with Gasteiger partial charge in [0.2, 0.25) is 6.79 Å². The second-order valence-electron chi connectivity index (χ2n) is 4.74. The number of halogens is 1. The first kappa shape index (κ1) is 19.2. The van der Waals surface area contributed by atoms with Crippen molar-refractivity contribution in [1.29, 1.82) is 0 Å². The van der Waals surface area contributed by atoms with E-state index in [9.17, 15) is 0 Å². The number of hydrogen-bond donors (Lipinski definition) is 2. The van der Waals surface area contributed by atoms with Crippen LogP contribution < -0.4 is 20.1 Å². The van der Waals surface area contributed by atoms with Gasteiger partial charge >= 0.3 is 0 Å². The number of aliphatic imine (C=N–C) groups is 1. The van der Waals surface area contributed by atoms with E-state index in [4.69, 9.17) is 9.47 Å². The normalized spacial score (nSPS) is 12.7. The molecule has 0 atom stereocenters. The number of unbranched alkanes of at least 4 members (excludes halogenated alkanes) is 1. The fraction of sp³-hybridized carbons (Fsp3) is 0.533. The Hall–Kier alpha value is -0.830. The summed E-state index contributed by atoms with van der Waals surface area (Å²) in [5, 5.41) is 6.63. The topological polar surface area (TPSA) is 54.9 Å². The summed E-state index contributed by atoms with van der Waals surface area (Å²) in [7, 11) is 1.79. The standard InChI is InChI=1S/C15H23N3O2S.HI/c1-16-15(17-7-3-4-8-21-2)18-10-12-5-6-13-14(9-12)20-11-19-13;/h5-6,9H,3-4,7-8,10-11H2,1-2H3,(H2,16,17,18);1H. The summed E-state index contributed by atoms with van der Waals surface area (Å²) in [6.07, 6.45) is 4.53. The molecule has 22 heavy (non-hydrogen) atoms. The smallest absolute Gasteiger partial charge is 0.231 e. The first-order valence-corrected chi connectivity index (χ1v) is 8.55. The van der Waals surface area contributed by atoms with Gasteiger partial charge in [-0.1, -0.05) is 6.07 Å². The number of hydrogen-bond acceptors (Lipinski definition) is 4. The third-order valence-electron chi connectivity index (χ3n) is 3.19. The van der Waals surface area contributed by atoms with Gasteiger partial charge in [-0.3, -0.25) is 4.99 Å². The number of fused-ring (bicyclic) bond motifs is 1. The number of benzene rings is 1. The highest BCUT2D eigenvalue weighted by Crippen LogP contribution is 2.32. The van der Waals surface area contributed by atoms with Gasteiger partial charge in [0, 0.05) is 20.1 Å². The summed E-state index contributed by atoms with van der Waals surface area (Å²) in [4.78, 5) is 4.23. The van der Waals surface area contributed by atoms with E-state index in [0.717, 1.165) is 36.0 Å². The van der Waals surface area contributed by atoms with E-state index in [1.807, 2.05) is 30.0 Å². The van der Waals surface area contributed by atoms with Crippen LogP contribution in [0.15, 0.2) is 23.2 Å². The summed E-state index contributed by atoms with van der Waals surface area (Å²) in [5.74, 6) is 3.67. The summed E-state index contributed by atoms with van der Waals surface area (Å²) < 4.78 is 10.7. The molecule has 2 N–H and O–H groups in total. The number of nitrogens with one attached hydrogen (secondary N) is 2. The Morgan fingerprint density at radius 1 is 1.23 bits per heavy atom. The van der Waals surface area contributed by atoms with E-state index in [2.05, 4.69) is 21.9 Å². The molecule has 0 aliphatic carbocycles. The number of guanidine groups is 1. The van der Waals surface area contributed by atoms with Crippen molar-refractivity contribution >= 4 is 41.7 Å². The van der Waals surface area contributed by atoms with Crippen molar-refractivity contribution in [3.8, 4) is 11.5 Å². The van der Waals surface area contributed by atoms with Gasteiger partial charge in [0.25, 0.3) is 0 Å². The average Bonchev–Trinajstić information content (AvgIpc) is 2.97. The number of nitrogens with zero attached hydrogens (tertiary/aromatic N) is 1. The molecule has 1 aliphatic heterocycles. The molecule has 0 aromatic heterocycles. The van der Waals surface area contributed by atoms with Gasteiger partial charge in [0.1, 0.15) is 0 Å². The Balaban J connectivity index is 0.00000242. The minimum Gasteiger partial charge on any atom is -0.454 e. The molecule has 124 valence electrons. The van der Waals surface area contributed by atoms with Crippen LogP contribution in [0.4, 0.5) is 0 Å². The summed E-state index contributed by atoms with van der Waals surface area (Å²) in [6.45, 7) is 1.97. The summed E-state index contributed by atoms with van der Waals surface area (Å²) >= 11 is 1.89. The van der Waals surface area contributed by atoms with Crippen LogP contribution in [0.1, 0.15) is 18.4 Å². The van der Waals surface area contributed by atoms with Crippen LogP contribution in [-0.2, 0) is 6.54 Å². The monoisotopic (exact) mass is 437 g/mol. The summed E-state index contributed by atoms with van der Waals surface area (Å²) in [5.41, 5.74) is 1.14. The lowest BCUT2D eigenvalue weighted by Crippen LogP contribution is -2.37.